The molecule has 16 heavy (non-hydrogen) atoms. The molecule has 3 N–H and O–H groups in total. The first-order valence-corrected chi connectivity index (χ1v) is 7.25. The number of nitrogens with one attached hydrogen (secondary N) is 1. The summed E-state index contributed by atoms with van der Waals surface area (Å²) in [4.78, 5) is 17.0. The quantitative estimate of drug-likeness (QED) is 0.846. The summed E-state index contributed by atoms with van der Waals surface area (Å²) in [5.41, 5.74) is 6.70. The summed E-state index contributed by atoms with van der Waals surface area (Å²) in [6.07, 6.45) is 2.69. The van der Waals surface area contributed by atoms with Crippen molar-refractivity contribution in [3.8, 4) is 0 Å². The van der Waals surface area contributed by atoms with Crippen LogP contribution in [0.15, 0.2) is 0 Å². The van der Waals surface area contributed by atoms with Gasteiger partial charge in [0, 0.05) is 4.88 Å². The molecule has 90 valence electrons. The van der Waals surface area contributed by atoms with Crippen LogP contribution in [0, 0.1) is 13.8 Å². The van der Waals surface area contributed by atoms with Gasteiger partial charge < -0.3 is 11.1 Å². The van der Waals surface area contributed by atoms with Crippen molar-refractivity contribution in [3.05, 3.63) is 10.6 Å². The number of carbonyl (C=O) groups excluding carboxylic acids is 1. The normalized spacial score (nSPS) is 12.5. The smallest absolute Gasteiger partial charge is 0.243 e. The molecule has 1 heterocycles. The van der Waals surface area contributed by atoms with Crippen LogP contribution in [0.3, 0.4) is 0 Å². The third-order valence-electron chi connectivity index (χ3n) is 2.23. The number of hydrogen-bond acceptors (Lipinski definition) is 5. The fourth-order valence-electron chi connectivity index (χ4n) is 1.10. The largest absolute Gasteiger partial charge is 0.320 e. The number of rotatable bonds is 5. The molecule has 0 bridgehead atoms. The molecular weight excluding hydrogens is 242 g/mol. The average molecular weight is 259 g/mol. The van der Waals surface area contributed by atoms with E-state index in [2.05, 4.69) is 10.3 Å². The highest BCUT2D eigenvalue weighted by atomic mass is 32.2. The molecule has 0 aliphatic rings. The summed E-state index contributed by atoms with van der Waals surface area (Å²) in [7, 11) is 0. The monoisotopic (exact) mass is 259 g/mol. The summed E-state index contributed by atoms with van der Waals surface area (Å²) in [6.45, 7) is 3.91. The topological polar surface area (TPSA) is 68.0 Å². The Kier molecular flexibility index (Phi) is 5.24. The van der Waals surface area contributed by atoms with E-state index in [9.17, 15) is 4.79 Å². The number of carbonyl (C=O) groups is 1. The molecule has 1 aromatic rings. The van der Waals surface area contributed by atoms with Crippen LogP contribution in [0.2, 0.25) is 0 Å². The molecule has 1 rings (SSSR count). The lowest BCUT2D eigenvalue weighted by molar-refractivity contribution is -0.117. The molecule has 0 fully saturated rings. The third kappa shape index (κ3) is 3.77. The molecule has 0 unspecified atom stereocenters. The summed E-state index contributed by atoms with van der Waals surface area (Å²) in [5, 5.41) is 3.38. The molecule has 1 amide bonds. The van der Waals surface area contributed by atoms with Crippen molar-refractivity contribution >= 4 is 34.1 Å². The van der Waals surface area contributed by atoms with Gasteiger partial charge >= 0.3 is 0 Å². The summed E-state index contributed by atoms with van der Waals surface area (Å²) in [5.74, 6) is 0.743. The Balaban J connectivity index is 2.50. The number of nitrogens with two attached hydrogens (primary N) is 1. The molecule has 0 radical (unpaired) electrons. The van der Waals surface area contributed by atoms with E-state index in [1.165, 1.54) is 11.3 Å². The van der Waals surface area contributed by atoms with Crippen molar-refractivity contribution in [1.29, 1.82) is 0 Å². The minimum Gasteiger partial charge on any atom is -0.320 e. The lowest BCUT2D eigenvalue weighted by atomic mass is 10.2. The molecule has 0 aliphatic carbocycles. The van der Waals surface area contributed by atoms with E-state index in [0.29, 0.717) is 11.6 Å². The first-order chi connectivity index (χ1) is 7.54. The zero-order valence-corrected chi connectivity index (χ0v) is 11.4. The minimum atomic E-state index is -0.447. The molecule has 0 aromatic carbocycles. The molecule has 4 nitrogen and oxygen atoms in total. The van der Waals surface area contributed by atoms with Crippen molar-refractivity contribution in [1.82, 2.24) is 4.98 Å². The minimum absolute atomic E-state index is 0.150. The fourth-order valence-corrected chi connectivity index (χ4v) is 2.41. The van der Waals surface area contributed by atoms with Crippen LogP contribution in [-0.4, -0.2) is 28.9 Å². The van der Waals surface area contributed by atoms with Gasteiger partial charge in [0.15, 0.2) is 5.13 Å². The van der Waals surface area contributed by atoms with Crippen LogP contribution in [0.25, 0.3) is 0 Å². The molecule has 1 atom stereocenters. The number of aromatic nitrogens is 1. The molecule has 1 aromatic heterocycles. The number of thioether (sulfide) groups is 1. The SMILES string of the molecule is CSCC[C@@H](N)C(=O)Nc1nc(C)c(C)s1. The zero-order chi connectivity index (χ0) is 12.1. The number of hydrogen-bond donors (Lipinski definition) is 2. The van der Waals surface area contributed by atoms with Gasteiger partial charge in [-0.2, -0.15) is 11.8 Å². The van der Waals surface area contributed by atoms with E-state index in [1.54, 1.807) is 11.8 Å². The second-order valence-electron chi connectivity index (χ2n) is 3.54. The van der Waals surface area contributed by atoms with Crippen LogP contribution < -0.4 is 11.1 Å². The number of aryl methyl sites for hydroxylation is 2. The lowest BCUT2D eigenvalue weighted by Gasteiger charge is -2.09. The Labute approximate surface area is 104 Å². The van der Waals surface area contributed by atoms with Gasteiger partial charge in [-0.15, -0.1) is 11.3 Å². The first-order valence-electron chi connectivity index (χ1n) is 5.04. The number of anilines is 1. The van der Waals surface area contributed by atoms with Crippen molar-refractivity contribution in [2.75, 3.05) is 17.3 Å². The van der Waals surface area contributed by atoms with E-state index in [1.807, 2.05) is 20.1 Å². The predicted molar refractivity (Wildman–Crippen MR) is 71.2 cm³/mol. The number of thiazole rings is 1. The van der Waals surface area contributed by atoms with Crippen molar-refractivity contribution < 1.29 is 4.79 Å². The zero-order valence-electron chi connectivity index (χ0n) is 9.74. The Morgan fingerprint density at radius 3 is 2.81 bits per heavy atom. The number of amides is 1. The maximum Gasteiger partial charge on any atom is 0.243 e. The van der Waals surface area contributed by atoms with Crippen LogP contribution in [-0.2, 0) is 4.79 Å². The molecule has 0 saturated carbocycles. The summed E-state index contributed by atoms with van der Waals surface area (Å²) < 4.78 is 0. The predicted octanol–water partition coefficient (Wildman–Crippen LogP) is 1.78. The highest BCUT2D eigenvalue weighted by Crippen LogP contribution is 2.21. The Bertz CT molecular complexity index is 345. The molecule has 6 heteroatoms. The van der Waals surface area contributed by atoms with E-state index in [0.717, 1.165) is 16.3 Å². The van der Waals surface area contributed by atoms with Crippen LogP contribution in [0.4, 0.5) is 5.13 Å². The van der Waals surface area contributed by atoms with E-state index in [-0.39, 0.29) is 5.91 Å². The van der Waals surface area contributed by atoms with Crippen LogP contribution >= 0.6 is 23.1 Å². The molecular formula is C10H17N3OS2. The lowest BCUT2D eigenvalue weighted by Crippen LogP contribution is -2.36. The van der Waals surface area contributed by atoms with Crippen LogP contribution in [0.1, 0.15) is 17.0 Å². The van der Waals surface area contributed by atoms with Gasteiger partial charge in [-0.05, 0) is 32.3 Å². The van der Waals surface area contributed by atoms with E-state index >= 15 is 0 Å². The van der Waals surface area contributed by atoms with Gasteiger partial charge in [0.2, 0.25) is 5.91 Å². The fraction of sp³-hybridized carbons (Fsp3) is 0.600. The average Bonchev–Trinajstić information content (AvgIpc) is 2.54. The van der Waals surface area contributed by atoms with Crippen molar-refractivity contribution in [3.63, 3.8) is 0 Å². The van der Waals surface area contributed by atoms with Gasteiger partial charge in [-0.3, -0.25) is 4.79 Å². The molecule has 0 aliphatic heterocycles. The standard InChI is InChI=1S/C10H17N3OS2/c1-6-7(2)16-10(12-6)13-9(14)8(11)4-5-15-3/h8H,4-5,11H2,1-3H3,(H,12,13,14)/t8-/m1/s1. The van der Waals surface area contributed by atoms with E-state index in [4.69, 9.17) is 5.73 Å². The second-order valence-corrected chi connectivity index (χ2v) is 5.73. The van der Waals surface area contributed by atoms with Gasteiger partial charge in [0.05, 0.1) is 11.7 Å². The second kappa shape index (κ2) is 6.22. The highest BCUT2D eigenvalue weighted by molar-refractivity contribution is 7.98. The van der Waals surface area contributed by atoms with E-state index < -0.39 is 6.04 Å². The van der Waals surface area contributed by atoms with Gasteiger partial charge in [-0.1, -0.05) is 0 Å². The van der Waals surface area contributed by atoms with Crippen molar-refractivity contribution in [2.24, 2.45) is 5.73 Å². The maximum atomic E-state index is 11.7. The van der Waals surface area contributed by atoms with Gasteiger partial charge in [-0.25, -0.2) is 4.98 Å². The number of nitrogens with zero attached hydrogens (tertiary/aromatic N) is 1. The van der Waals surface area contributed by atoms with Crippen LogP contribution in [0.5, 0.6) is 0 Å². The van der Waals surface area contributed by atoms with Gasteiger partial charge in [0.25, 0.3) is 0 Å². The van der Waals surface area contributed by atoms with Gasteiger partial charge in [0.1, 0.15) is 0 Å². The first kappa shape index (κ1) is 13.5. The Morgan fingerprint density at radius 2 is 2.31 bits per heavy atom. The Morgan fingerprint density at radius 1 is 1.62 bits per heavy atom. The van der Waals surface area contributed by atoms with Crippen molar-refractivity contribution in [2.45, 2.75) is 26.3 Å². The summed E-state index contributed by atoms with van der Waals surface area (Å²) >= 11 is 3.17. The Hall–Kier alpha value is -0.590. The summed E-state index contributed by atoms with van der Waals surface area (Å²) in [6, 6.07) is -0.447. The maximum absolute atomic E-state index is 11.7. The molecule has 0 spiro atoms. The molecule has 0 saturated heterocycles. The third-order valence-corrected chi connectivity index (χ3v) is 3.86. The highest BCUT2D eigenvalue weighted by Gasteiger charge is 2.14.